The molecular formula is C17H24N2O2. The molecule has 4 heteroatoms. The minimum absolute atomic E-state index is 0.108. The summed E-state index contributed by atoms with van der Waals surface area (Å²) in [6.07, 6.45) is 0.514. The highest BCUT2D eigenvalue weighted by molar-refractivity contribution is 5.44. The van der Waals surface area contributed by atoms with Gasteiger partial charge in [-0.15, -0.1) is 0 Å². The standard InChI is InChI=1S/C17H24N2O2/c1-18-8-10-19(11-9-18)14-16-13-15(5-3-4-12-20)6-7-17(16)21-2/h6-7,13,20H,4,8-12,14H2,1-2H3. The van der Waals surface area contributed by atoms with Gasteiger partial charge in [-0.1, -0.05) is 11.8 Å². The second-order valence-electron chi connectivity index (χ2n) is 5.38. The van der Waals surface area contributed by atoms with Gasteiger partial charge < -0.3 is 14.7 Å². The van der Waals surface area contributed by atoms with Crippen molar-refractivity contribution in [1.82, 2.24) is 9.80 Å². The van der Waals surface area contributed by atoms with Crippen molar-refractivity contribution in [3.63, 3.8) is 0 Å². The van der Waals surface area contributed by atoms with E-state index in [1.807, 2.05) is 12.1 Å². The van der Waals surface area contributed by atoms with E-state index in [2.05, 4.69) is 34.8 Å². The number of hydrogen-bond donors (Lipinski definition) is 1. The van der Waals surface area contributed by atoms with Crippen molar-refractivity contribution < 1.29 is 9.84 Å². The van der Waals surface area contributed by atoms with E-state index in [4.69, 9.17) is 9.84 Å². The van der Waals surface area contributed by atoms with Crippen molar-refractivity contribution in [3.05, 3.63) is 29.3 Å². The van der Waals surface area contributed by atoms with E-state index in [0.717, 1.165) is 44.0 Å². The molecule has 1 saturated heterocycles. The Morgan fingerprint density at radius 2 is 2.00 bits per heavy atom. The molecule has 0 aromatic heterocycles. The van der Waals surface area contributed by atoms with Gasteiger partial charge in [-0.05, 0) is 25.2 Å². The van der Waals surface area contributed by atoms with Gasteiger partial charge in [0.1, 0.15) is 5.75 Å². The summed E-state index contributed by atoms with van der Waals surface area (Å²) in [6.45, 7) is 5.39. The molecule has 1 aromatic carbocycles. The molecule has 21 heavy (non-hydrogen) atoms. The van der Waals surface area contributed by atoms with Gasteiger partial charge in [0.2, 0.25) is 0 Å². The van der Waals surface area contributed by atoms with Crippen molar-refractivity contribution in [3.8, 4) is 17.6 Å². The molecule has 0 bridgehead atoms. The van der Waals surface area contributed by atoms with Crippen LogP contribution in [0.1, 0.15) is 17.5 Å². The Hall–Kier alpha value is -1.54. The third-order valence-electron chi connectivity index (χ3n) is 3.74. The molecule has 4 nitrogen and oxygen atoms in total. The molecule has 0 spiro atoms. The van der Waals surface area contributed by atoms with Gasteiger partial charge in [-0.2, -0.15) is 0 Å². The smallest absolute Gasteiger partial charge is 0.123 e. The summed E-state index contributed by atoms with van der Waals surface area (Å²) in [5.41, 5.74) is 2.16. The van der Waals surface area contributed by atoms with Gasteiger partial charge in [-0.3, -0.25) is 4.90 Å². The van der Waals surface area contributed by atoms with E-state index in [-0.39, 0.29) is 6.61 Å². The van der Waals surface area contributed by atoms with E-state index in [9.17, 15) is 0 Å². The maximum atomic E-state index is 8.79. The summed E-state index contributed by atoms with van der Waals surface area (Å²) in [4.78, 5) is 4.80. The molecule has 1 aliphatic rings. The number of hydrogen-bond acceptors (Lipinski definition) is 4. The first-order valence-electron chi connectivity index (χ1n) is 7.40. The van der Waals surface area contributed by atoms with Gasteiger partial charge >= 0.3 is 0 Å². The van der Waals surface area contributed by atoms with Gasteiger partial charge in [0.25, 0.3) is 0 Å². The molecule has 0 atom stereocenters. The van der Waals surface area contributed by atoms with E-state index in [1.54, 1.807) is 7.11 Å². The molecule has 1 heterocycles. The fourth-order valence-electron chi connectivity index (χ4n) is 2.45. The van der Waals surface area contributed by atoms with Crippen LogP contribution in [-0.4, -0.2) is 61.8 Å². The Labute approximate surface area is 127 Å². The Kier molecular flexibility index (Phi) is 6.06. The molecule has 0 aliphatic carbocycles. The maximum absolute atomic E-state index is 8.79. The van der Waals surface area contributed by atoms with Gasteiger partial charge in [0, 0.05) is 50.3 Å². The Balaban J connectivity index is 2.09. The first-order chi connectivity index (χ1) is 10.2. The monoisotopic (exact) mass is 288 g/mol. The number of benzene rings is 1. The van der Waals surface area contributed by atoms with Crippen LogP contribution in [0.2, 0.25) is 0 Å². The fraction of sp³-hybridized carbons (Fsp3) is 0.529. The van der Waals surface area contributed by atoms with Crippen LogP contribution in [-0.2, 0) is 6.54 Å². The van der Waals surface area contributed by atoms with Crippen molar-refractivity contribution in [1.29, 1.82) is 0 Å². The summed E-state index contributed by atoms with van der Waals surface area (Å²) in [7, 11) is 3.87. The van der Waals surface area contributed by atoms with E-state index < -0.39 is 0 Å². The maximum Gasteiger partial charge on any atom is 0.123 e. The topological polar surface area (TPSA) is 35.9 Å². The molecule has 0 radical (unpaired) electrons. The summed E-state index contributed by atoms with van der Waals surface area (Å²) < 4.78 is 5.46. The summed E-state index contributed by atoms with van der Waals surface area (Å²) in [6, 6.07) is 6.05. The lowest BCUT2D eigenvalue weighted by atomic mass is 10.1. The third-order valence-corrected chi connectivity index (χ3v) is 3.74. The predicted molar refractivity (Wildman–Crippen MR) is 84.3 cm³/mol. The second kappa shape index (κ2) is 8.04. The van der Waals surface area contributed by atoms with Gasteiger partial charge in [-0.25, -0.2) is 0 Å². The minimum atomic E-state index is 0.108. The van der Waals surface area contributed by atoms with Crippen molar-refractivity contribution in [2.75, 3.05) is 46.9 Å². The van der Waals surface area contributed by atoms with Crippen molar-refractivity contribution in [2.45, 2.75) is 13.0 Å². The fourth-order valence-corrected chi connectivity index (χ4v) is 2.45. The minimum Gasteiger partial charge on any atom is -0.496 e. The molecule has 2 rings (SSSR count). The number of likely N-dealkylation sites (N-methyl/N-ethyl adjacent to an activating group) is 1. The number of nitrogens with zero attached hydrogens (tertiary/aromatic N) is 2. The second-order valence-corrected chi connectivity index (χ2v) is 5.38. The third kappa shape index (κ3) is 4.75. The lowest BCUT2D eigenvalue weighted by molar-refractivity contribution is 0.147. The highest BCUT2D eigenvalue weighted by atomic mass is 16.5. The van der Waals surface area contributed by atoms with Crippen LogP contribution in [0.25, 0.3) is 0 Å². The Morgan fingerprint density at radius 1 is 1.24 bits per heavy atom. The lowest BCUT2D eigenvalue weighted by Gasteiger charge is -2.32. The lowest BCUT2D eigenvalue weighted by Crippen LogP contribution is -2.43. The van der Waals surface area contributed by atoms with E-state index in [0.29, 0.717) is 6.42 Å². The van der Waals surface area contributed by atoms with E-state index >= 15 is 0 Å². The zero-order valence-electron chi connectivity index (χ0n) is 12.9. The Bertz CT molecular complexity index is 511. The van der Waals surface area contributed by atoms with Crippen molar-refractivity contribution in [2.24, 2.45) is 0 Å². The van der Waals surface area contributed by atoms with Crippen LogP contribution in [0.3, 0.4) is 0 Å². The molecule has 1 N–H and O–H groups in total. The highest BCUT2D eigenvalue weighted by Gasteiger charge is 2.15. The largest absolute Gasteiger partial charge is 0.496 e. The molecule has 1 aliphatic heterocycles. The number of piperazine rings is 1. The quantitative estimate of drug-likeness (QED) is 0.844. The molecule has 1 aromatic rings. The van der Waals surface area contributed by atoms with Crippen molar-refractivity contribution >= 4 is 0 Å². The zero-order valence-corrected chi connectivity index (χ0v) is 12.9. The summed E-state index contributed by atoms with van der Waals surface area (Å²) in [5, 5.41) is 8.79. The van der Waals surface area contributed by atoms with Gasteiger partial charge in [0.15, 0.2) is 0 Å². The van der Waals surface area contributed by atoms with Gasteiger partial charge in [0.05, 0.1) is 13.7 Å². The molecule has 114 valence electrons. The first kappa shape index (κ1) is 15.8. The zero-order chi connectivity index (χ0) is 15.1. The molecule has 0 saturated carbocycles. The van der Waals surface area contributed by atoms with Crippen LogP contribution >= 0.6 is 0 Å². The molecule has 0 amide bonds. The predicted octanol–water partition coefficient (Wildman–Crippen LogP) is 1.18. The summed E-state index contributed by atoms with van der Waals surface area (Å²) >= 11 is 0. The number of rotatable bonds is 4. The average Bonchev–Trinajstić information content (AvgIpc) is 2.50. The highest BCUT2D eigenvalue weighted by Crippen LogP contribution is 2.22. The van der Waals surface area contributed by atoms with Crippen LogP contribution in [0.15, 0.2) is 18.2 Å². The number of aliphatic hydroxyl groups excluding tert-OH is 1. The first-order valence-corrected chi connectivity index (χ1v) is 7.40. The van der Waals surface area contributed by atoms with E-state index in [1.165, 1.54) is 5.56 Å². The average molecular weight is 288 g/mol. The molecule has 0 unspecified atom stereocenters. The van der Waals surface area contributed by atoms with Crippen LogP contribution < -0.4 is 4.74 Å². The van der Waals surface area contributed by atoms with Crippen LogP contribution in [0.4, 0.5) is 0 Å². The molecular weight excluding hydrogens is 264 g/mol. The normalized spacial score (nSPS) is 16.3. The number of methoxy groups -OCH3 is 1. The Morgan fingerprint density at radius 3 is 2.67 bits per heavy atom. The van der Waals surface area contributed by atoms with Crippen LogP contribution in [0, 0.1) is 11.8 Å². The van der Waals surface area contributed by atoms with Crippen LogP contribution in [0.5, 0.6) is 5.75 Å². The molecule has 1 fully saturated rings. The summed E-state index contributed by atoms with van der Waals surface area (Å²) in [5.74, 6) is 6.97. The SMILES string of the molecule is COc1ccc(C#CCCO)cc1CN1CCN(C)CC1. The number of ether oxygens (including phenoxy) is 1. The number of aliphatic hydroxyl groups is 1.